The van der Waals surface area contributed by atoms with Gasteiger partial charge in [-0.15, -0.1) is 0 Å². The molecule has 7 heteroatoms. The molecule has 0 radical (unpaired) electrons. The number of nitrogens with two attached hydrogens (primary N) is 1. The van der Waals surface area contributed by atoms with Crippen LogP contribution in [-0.2, 0) is 6.18 Å². The molecule has 2 heterocycles. The van der Waals surface area contributed by atoms with E-state index in [0.29, 0.717) is 11.4 Å². The van der Waals surface area contributed by atoms with Gasteiger partial charge in [0.25, 0.3) is 0 Å². The normalized spacial score (nSPS) is 12.6. The Morgan fingerprint density at radius 1 is 1.29 bits per heavy atom. The lowest BCUT2D eigenvalue weighted by Gasteiger charge is -2.11. The molecule has 0 fully saturated rings. The molecule has 0 bridgehead atoms. The summed E-state index contributed by atoms with van der Waals surface area (Å²) in [6, 6.07) is 0. The molecule has 4 nitrogen and oxygen atoms in total. The molecule has 2 aromatic heterocycles. The van der Waals surface area contributed by atoms with Crippen LogP contribution in [0.3, 0.4) is 0 Å². The van der Waals surface area contributed by atoms with Crippen molar-refractivity contribution in [1.82, 2.24) is 14.6 Å². The van der Waals surface area contributed by atoms with Crippen LogP contribution in [0.2, 0.25) is 0 Å². The summed E-state index contributed by atoms with van der Waals surface area (Å²) >= 11 is 0. The van der Waals surface area contributed by atoms with E-state index in [1.54, 1.807) is 0 Å². The molecule has 0 saturated carbocycles. The van der Waals surface area contributed by atoms with Crippen LogP contribution >= 0.6 is 0 Å². The van der Waals surface area contributed by atoms with Gasteiger partial charge < -0.3 is 5.73 Å². The predicted octanol–water partition coefficient (Wildman–Crippen LogP) is 2.45. The van der Waals surface area contributed by atoms with Gasteiger partial charge in [0.2, 0.25) is 0 Å². The average molecular weight is 244 g/mol. The van der Waals surface area contributed by atoms with Crippen molar-refractivity contribution < 1.29 is 13.2 Å². The van der Waals surface area contributed by atoms with Crippen LogP contribution in [0, 0.1) is 0 Å². The number of aromatic nitrogens is 3. The van der Waals surface area contributed by atoms with E-state index in [1.807, 2.05) is 13.8 Å². The SMILES string of the molecule is CC(C)c1c(N)cnc2c(C(F)(F)F)cnn12. The van der Waals surface area contributed by atoms with Crippen molar-refractivity contribution in [3.8, 4) is 0 Å². The van der Waals surface area contributed by atoms with E-state index in [-0.39, 0.29) is 11.6 Å². The fourth-order valence-corrected chi connectivity index (χ4v) is 1.74. The third-order valence-corrected chi connectivity index (χ3v) is 2.45. The molecular formula is C10H11F3N4. The van der Waals surface area contributed by atoms with Crippen molar-refractivity contribution in [3.63, 3.8) is 0 Å². The molecular weight excluding hydrogens is 233 g/mol. The predicted molar refractivity (Wildman–Crippen MR) is 56.5 cm³/mol. The van der Waals surface area contributed by atoms with E-state index in [1.165, 1.54) is 6.20 Å². The van der Waals surface area contributed by atoms with Gasteiger partial charge in [0, 0.05) is 0 Å². The fraction of sp³-hybridized carbons (Fsp3) is 0.400. The van der Waals surface area contributed by atoms with E-state index in [9.17, 15) is 13.2 Å². The highest BCUT2D eigenvalue weighted by Crippen LogP contribution is 2.33. The van der Waals surface area contributed by atoms with Crippen LogP contribution < -0.4 is 5.73 Å². The van der Waals surface area contributed by atoms with Crippen LogP contribution in [0.5, 0.6) is 0 Å². The van der Waals surface area contributed by atoms with E-state index in [0.717, 1.165) is 10.7 Å². The topological polar surface area (TPSA) is 56.2 Å². The molecule has 0 atom stereocenters. The van der Waals surface area contributed by atoms with E-state index >= 15 is 0 Å². The number of halogens is 3. The van der Waals surface area contributed by atoms with Crippen LogP contribution in [0.25, 0.3) is 5.65 Å². The minimum atomic E-state index is -4.46. The third-order valence-electron chi connectivity index (χ3n) is 2.45. The van der Waals surface area contributed by atoms with Gasteiger partial charge in [-0.3, -0.25) is 0 Å². The van der Waals surface area contributed by atoms with Crippen molar-refractivity contribution in [3.05, 3.63) is 23.7 Å². The lowest BCUT2D eigenvalue weighted by atomic mass is 10.1. The molecule has 0 saturated heterocycles. The van der Waals surface area contributed by atoms with Gasteiger partial charge in [-0.25, -0.2) is 9.50 Å². The molecule has 0 amide bonds. The molecule has 2 rings (SSSR count). The highest BCUT2D eigenvalue weighted by molar-refractivity contribution is 5.55. The summed E-state index contributed by atoms with van der Waals surface area (Å²) in [6.07, 6.45) is -2.45. The molecule has 92 valence electrons. The molecule has 0 spiro atoms. The van der Waals surface area contributed by atoms with Crippen molar-refractivity contribution in [1.29, 1.82) is 0 Å². The second-order valence-electron chi connectivity index (χ2n) is 4.04. The van der Waals surface area contributed by atoms with Crippen molar-refractivity contribution in [2.75, 3.05) is 5.73 Å². The minimum Gasteiger partial charge on any atom is -0.396 e. The lowest BCUT2D eigenvalue weighted by Crippen LogP contribution is -2.09. The zero-order valence-corrected chi connectivity index (χ0v) is 9.28. The van der Waals surface area contributed by atoms with Crippen molar-refractivity contribution in [2.45, 2.75) is 25.9 Å². The number of hydrogen-bond donors (Lipinski definition) is 1. The first kappa shape index (κ1) is 11.7. The molecule has 2 N–H and O–H groups in total. The number of anilines is 1. The number of hydrogen-bond acceptors (Lipinski definition) is 3. The summed E-state index contributed by atoms with van der Waals surface area (Å²) < 4.78 is 39.1. The van der Waals surface area contributed by atoms with E-state index < -0.39 is 11.7 Å². The highest BCUT2D eigenvalue weighted by Gasteiger charge is 2.35. The maximum absolute atomic E-state index is 12.7. The molecule has 0 unspecified atom stereocenters. The molecule has 0 aromatic carbocycles. The van der Waals surface area contributed by atoms with Crippen LogP contribution in [0.1, 0.15) is 31.0 Å². The second kappa shape index (κ2) is 3.61. The first-order valence-electron chi connectivity index (χ1n) is 5.01. The maximum Gasteiger partial charge on any atom is 0.421 e. The Kier molecular flexibility index (Phi) is 2.48. The van der Waals surface area contributed by atoms with Gasteiger partial charge in [-0.1, -0.05) is 13.8 Å². The monoisotopic (exact) mass is 244 g/mol. The van der Waals surface area contributed by atoms with Gasteiger partial charge in [0.15, 0.2) is 5.65 Å². The quantitative estimate of drug-likeness (QED) is 0.838. The molecule has 17 heavy (non-hydrogen) atoms. The zero-order chi connectivity index (χ0) is 12.8. The van der Waals surface area contributed by atoms with E-state index in [4.69, 9.17) is 5.73 Å². The van der Waals surface area contributed by atoms with Gasteiger partial charge in [0.1, 0.15) is 5.56 Å². The van der Waals surface area contributed by atoms with Crippen LogP contribution in [0.4, 0.5) is 18.9 Å². The Balaban J connectivity index is 2.78. The van der Waals surface area contributed by atoms with Gasteiger partial charge in [0.05, 0.1) is 23.8 Å². The second-order valence-corrected chi connectivity index (χ2v) is 4.04. The maximum atomic E-state index is 12.7. The Bertz CT molecular complexity index is 556. The summed E-state index contributed by atoms with van der Waals surface area (Å²) in [5.41, 5.74) is 5.51. The standard InChI is InChI=1S/C10H11F3N4/c1-5(2)8-7(14)4-15-9-6(10(11,12)13)3-16-17(8)9/h3-5H,14H2,1-2H3. The Morgan fingerprint density at radius 2 is 1.94 bits per heavy atom. The van der Waals surface area contributed by atoms with Crippen molar-refractivity contribution in [2.24, 2.45) is 0 Å². The number of nitrogens with zero attached hydrogens (tertiary/aromatic N) is 3. The Hall–Kier alpha value is -1.79. The van der Waals surface area contributed by atoms with E-state index in [2.05, 4.69) is 10.1 Å². The number of rotatable bonds is 1. The number of alkyl halides is 3. The first-order chi connectivity index (χ1) is 7.82. The summed E-state index contributed by atoms with van der Waals surface area (Å²) in [6.45, 7) is 3.67. The van der Waals surface area contributed by atoms with Crippen LogP contribution in [-0.4, -0.2) is 14.6 Å². The fourth-order valence-electron chi connectivity index (χ4n) is 1.74. The first-order valence-corrected chi connectivity index (χ1v) is 5.01. The van der Waals surface area contributed by atoms with Crippen molar-refractivity contribution >= 4 is 11.3 Å². The average Bonchev–Trinajstić information content (AvgIpc) is 2.59. The zero-order valence-electron chi connectivity index (χ0n) is 9.28. The van der Waals surface area contributed by atoms with Gasteiger partial charge in [-0.05, 0) is 5.92 Å². The summed E-state index contributed by atoms with van der Waals surface area (Å²) in [5.74, 6) is -0.0403. The van der Waals surface area contributed by atoms with Crippen LogP contribution in [0.15, 0.2) is 12.4 Å². The van der Waals surface area contributed by atoms with Gasteiger partial charge >= 0.3 is 6.18 Å². The molecule has 2 aromatic rings. The summed E-state index contributed by atoms with van der Waals surface area (Å²) in [5, 5.41) is 3.72. The molecule has 0 aliphatic carbocycles. The smallest absolute Gasteiger partial charge is 0.396 e. The largest absolute Gasteiger partial charge is 0.421 e. The lowest BCUT2D eigenvalue weighted by molar-refractivity contribution is -0.136. The summed E-state index contributed by atoms with van der Waals surface area (Å²) in [4.78, 5) is 3.71. The Labute approximate surface area is 95.3 Å². The molecule has 0 aliphatic heterocycles. The highest BCUT2D eigenvalue weighted by atomic mass is 19.4. The third kappa shape index (κ3) is 1.81. The molecule has 0 aliphatic rings. The Morgan fingerprint density at radius 3 is 2.47 bits per heavy atom. The summed E-state index contributed by atoms with van der Waals surface area (Å²) in [7, 11) is 0. The number of fused-ring (bicyclic) bond motifs is 1. The number of nitrogen functional groups attached to an aromatic ring is 1. The minimum absolute atomic E-state index is 0.0403. The van der Waals surface area contributed by atoms with Gasteiger partial charge in [-0.2, -0.15) is 18.3 Å².